The molecule has 1 aromatic carbocycles. The molecule has 0 spiro atoms. The normalized spacial score (nSPS) is 18.2. The summed E-state index contributed by atoms with van der Waals surface area (Å²) in [7, 11) is 0. The summed E-state index contributed by atoms with van der Waals surface area (Å²) in [6.45, 7) is 2.00. The lowest BCUT2D eigenvalue weighted by atomic mass is 9.86. The van der Waals surface area contributed by atoms with E-state index in [1.165, 1.54) is 25.7 Å². The SMILES string of the molecule is Cc1ccccc1C(CC1CCCC1)C(=O)O. The minimum absolute atomic E-state index is 0.320. The van der Waals surface area contributed by atoms with E-state index in [1.54, 1.807) is 0 Å². The average molecular weight is 232 g/mol. The zero-order chi connectivity index (χ0) is 12.3. The smallest absolute Gasteiger partial charge is 0.310 e. The molecule has 0 heterocycles. The summed E-state index contributed by atoms with van der Waals surface area (Å²) < 4.78 is 0. The second kappa shape index (κ2) is 5.35. The van der Waals surface area contributed by atoms with Gasteiger partial charge in [-0.15, -0.1) is 0 Å². The molecule has 0 aliphatic heterocycles. The third-order valence-corrected chi connectivity index (χ3v) is 3.91. The van der Waals surface area contributed by atoms with Crippen LogP contribution in [0.15, 0.2) is 24.3 Å². The predicted molar refractivity (Wildman–Crippen MR) is 68.1 cm³/mol. The van der Waals surface area contributed by atoms with Gasteiger partial charge in [0.1, 0.15) is 0 Å². The summed E-state index contributed by atoms with van der Waals surface area (Å²) >= 11 is 0. The first-order valence-electron chi connectivity index (χ1n) is 6.47. The van der Waals surface area contributed by atoms with Crippen LogP contribution in [0.4, 0.5) is 0 Å². The number of carboxylic acids is 1. The van der Waals surface area contributed by atoms with Gasteiger partial charge in [0.05, 0.1) is 5.92 Å². The molecule has 2 rings (SSSR count). The molecule has 0 bridgehead atoms. The first kappa shape index (κ1) is 12.2. The number of hydrogen-bond donors (Lipinski definition) is 1. The average Bonchev–Trinajstić information content (AvgIpc) is 2.79. The Kier molecular flexibility index (Phi) is 3.82. The van der Waals surface area contributed by atoms with Gasteiger partial charge in [-0.1, -0.05) is 49.9 Å². The largest absolute Gasteiger partial charge is 0.481 e. The second-order valence-electron chi connectivity index (χ2n) is 5.13. The van der Waals surface area contributed by atoms with Crippen molar-refractivity contribution in [1.29, 1.82) is 0 Å². The molecule has 0 radical (unpaired) electrons. The number of hydrogen-bond acceptors (Lipinski definition) is 1. The maximum atomic E-state index is 11.4. The fourth-order valence-corrected chi connectivity index (χ4v) is 2.92. The summed E-state index contributed by atoms with van der Waals surface area (Å²) in [4.78, 5) is 11.4. The lowest BCUT2D eigenvalue weighted by molar-refractivity contribution is -0.139. The highest BCUT2D eigenvalue weighted by atomic mass is 16.4. The molecule has 1 atom stereocenters. The standard InChI is InChI=1S/C15H20O2/c1-11-6-2-5-9-13(11)14(15(16)17)10-12-7-3-4-8-12/h2,5-6,9,12,14H,3-4,7-8,10H2,1H3,(H,16,17). The Morgan fingerprint density at radius 1 is 1.35 bits per heavy atom. The van der Waals surface area contributed by atoms with Gasteiger partial charge in [-0.05, 0) is 30.4 Å². The van der Waals surface area contributed by atoms with Gasteiger partial charge in [-0.25, -0.2) is 0 Å². The van der Waals surface area contributed by atoms with Gasteiger partial charge in [0.15, 0.2) is 0 Å². The van der Waals surface area contributed by atoms with Gasteiger partial charge >= 0.3 is 5.97 Å². The van der Waals surface area contributed by atoms with Crippen molar-refractivity contribution < 1.29 is 9.90 Å². The second-order valence-corrected chi connectivity index (χ2v) is 5.13. The van der Waals surface area contributed by atoms with Crippen LogP contribution in [0.2, 0.25) is 0 Å². The fourth-order valence-electron chi connectivity index (χ4n) is 2.92. The third kappa shape index (κ3) is 2.87. The van der Waals surface area contributed by atoms with E-state index in [2.05, 4.69) is 0 Å². The van der Waals surface area contributed by atoms with Crippen LogP contribution in [0.3, 0.4) is 0 Å². The van der Waals surface area contributed by atoms with Crippen molar-refractivity contribution >= 4 is 5.97 Å². The van der Waals surface area contributed by atoms with Gasteiger partial charge in [0.2, 0.25) is 0 Å². The number of benzene rings is 1. The predicted octanol–water partition coefficient (Wildman–Crippen LogP) is 3.74. The molecule has 1 N–H and O–H groups in total. The Hall–Kier alpha value is -1.31. The molecular formula is C15H20O2. The van der Waals surface area contributed by atoms with E-state index in [0.717, 1.165) is 17.5 Å². The molecule has 2 heteroatoms. The summed E-state index contributed by atoms with van der Waals surface area (Å²) in [5, 5.41) is 9.41. The van der Waals surface area contributed by atoms with Crippen LogP contribution in [0.1, 0.15) is 49.1 Å². The van der Waals surface area contributed by atoms with Crippen LogP contribution in [0.5, 0.6) is 0 Å². The van der Waals surface area contributed by atoms with Crippen molar-refractivity contribution in [2.45, 2.75) is 44.9 Å². The topological polar surface area (TPSA) is 37.3 Å². The van der Waals surface area contributed by atoms with Crippen molar-refractivity contribution in [2.24, 2.45) is 5.92 Å². The molecule has 2 nitrogen and oxygen atoms in total. The minimum Gasteiger partial charge on any atom is -0.481 e. The molecule has 1 saturated carbocycles. The van der Waals surface area contributed by atoms with E-state index in [0.29, 0.717) is 5.92 Å². The number of aliphatic carboxylic acids is 1. The van der Waals surface area contributed by atoms with Crippen molar-refractivity contribution in [3.05, 3.63) is 35.4 Å². The lowest BCUT2D eigenvalue weighted by Crippen LogP contribution is -2.16. The van der Waals surface area contributed by atoms with Gasteiger partial charge in [-0.2, -0.15) is 0 Å². The maximum Gasteiger partial charge on any atom is 0.310 e. The van der Waals surface area contributed by atoms with Crippen LogP contribution >= 0.6 is 0 Å². The number of carboxylic acid groups (broad SMARTS) is 1. The zero-order valence-electron chi connectivity index (χ0n) is 10.4. The van der Waals surface area contributed by atoms with Crippen LogP contribution in [-0.2, 0) is 4.79 Å². The van der Waals surface area contributed by atoms with Crippen molar-refractivity contribution in [3.63, 3.8) is 0 Å². The monoisotopic (exact) mass is 232 g/mol. The molecule has 0 saturated heterocycles. The summed E-state index contributed by atoms with van der Waals surface area (Å²) in [6.07, 6.45) is 5.75. The Bertz CT molecular complexity index is 392. The summed E-state index contributed by atoms with van der Waals surface area (Å²) in [6, 6.07) is 7.86. The number of rotatable bonds is 4. The Morgan fingerprint density at radius 2 is 2.00 bits per heavy atom. The van der Waals surface area contributed by atoms with E-state index in [-0.39, 0.29) is 5.92 Å². The summed E-state index contributed by atoms with van der Waals surface area (Å²) in [5.41, 5.74) is 2.09. The molecule has 1 unspecified atom stereocenters. The first-order valence-corrected chi connectivity index (χ1v) is 6.47. The van der Waals surface area contributed by atoms with Crippen molar-refractivity contribution in [1.82, 2.24) is 0 Å². The van der Waals surface area contributed by atoms with E-state index >= 15 is 0 Å². The quantitative estimate of drug-likeness (QED) is 0.858. The molecular weight excluding hydrogens is 212 g/mol. The van der Waals surface area contributed by atoms with E-state index in [4.69, 9.17) is 0 Å². The third-order valence-electron chi connectivity index (χ3n) is 3.91. The molecule has 92 valence electrons. The lowest BCUT2D eigenvalue weighted by Gasteiger charge is -2.18. The van der Waals surface area contributed by atoms with Crippen molar-refractivity contribution in [3.8, 4) is 0 Å². The van der Waals surface area contributed by atoms with E-state index < -0.39 is 5.97 Å². The first-order chi connectivity index (χ1) is 8.18. The van der Waals surface area contributed by atoms with Crippen LogP contribution in [-0.4, -0.2) is 11.1 Å². The molecule has 1 aromatic rings. The highest BCUT2D eigenvalue weighted by Gasteiger charge is 2.26. The van der Waals surface area contributed by atoms with Gasteiger partial charge in [0, 0.05) is 0 Å². The molecule has 1 aliphatic carbocycles. The molecule has 1 aliphatic rings. The van der Waals surface area contributed by atoms with Gasteiger partial charge in [-0.3, -0.25) is 4.79 Å². The number of carbonyl (C=O) groups is 1. The highest BCUT2D eigenvalue weighted by Crippen LogP contribution is 2.35. The molecule has 0 aromatic heterocycles. The Labute approximate surface area is 103 Å². The zero-order valence-corrected chi connectivity index (χ0v) is 10.4. The van der Waals surface area contributed by atoms with Gasteiger partial charge in [0.25, 0.3) is 0 Å². The van der Waals surface area contributed by atoms with Crippen LogP contribution < -0.4 is 0 Å². The fraction of sp³-hybridized carbons (Fsp3) is 0.533. The minimum atomic E-state index is -0.675. The van der Waals surface area contributed by atoms with Crippen molar-refractivity contribution in [2.75, 3.05) is 0 Å². The number of aryl methyl sites for hydroxylation is 1. The van der Waals surface area contributed by atoms with Gasteiger partial charge < -0.3 is 5.11 Å². The van der Waals surface area contributed by atoms with E-state index in [9.17, 15) is 9.90 Å². The Morgan fingerprint density at radius 3 is 2.59 bits per heavy atom. The maximum absolute atomic E-state index is 11.4. The molecule has 1 fully saturated rings. The van der Waals surface area contributed by atoms with Crippen LogP contribution in [0.25, 0.3) is 0 Å². The molecule has 0 amide bonds. The van der Waals surface area contributed by atoms with Crippen LogP contribution in [0, 0.1) is 12.8 Å². The Balaban J connectivity index is 2.17. The highest BCUT2D eigenvalue weighted by molar-refractivity contribution is 5.76. The summed E-state index contributed by atoms with van der Waals surface area (Å²) in [5.74, 6) is -0.388. The van der Waals surface area contributed by atoms with E-state index in [1.807, 2.05) is 31.2 Å². The molecule has 17 heavy (non-hydrogen) atoms.